The van der Waals surface area contributed by atoms with Gasteiger partial charge in [0.2, 0.25) is 0 Å². The zero-order chi connectivity index (χ0) is 16.1. The second-order valence-electron chi connectivity index (χ2n) is 4.67. The predicted octanol–water partition coefficient (Wildman–Crippen LogP) is 2.54. The lowest BCUT2D eigenvalue weighted by Crippen LogP contribution is -2.10. The number of rotatable bonds is 1. The van der Waals surface area contributed by atoms with E-state index >= 15 is 0 Å². The first-order valence-electron chi connectivity index (χ1n) is 6.53. The van der Waals surface area contributed by atoms with Gasteiger partial charge in [0.1, 0.15) is 11.5 Å². The van der Waals surface area contributed by atoms with Crippen LogP contribution in [0.4, 0.5) is 0 Å². The lowest BCUT2D eigenvalue weighted by Gasteiger charge is -2.02. The van der Waals surface area contributed by atoms with Crippen molar-refractivity contribution in [3.8, 4) is 11.5 Å². The van der Waals surface area contributed by atoms with Gasteiger partial charge in [0.25, 0.3) is 5.91 Å². The van der Waals surface area contributed by atoms with Crippen LogP contribution in [0.5, 0.6) is 11.5 Å². The number of hydrogen-bond acceptors (Lipinski definition) is 3. The Labute approximate surface area is 130 Å². The zero-order valence-corrected chi connectivity index (χ0v) is 12.9. The number of amides is 1. The van der Waals surface area contributed by atoms with Crippen LogP contribution in [0.25, 0.3) is 10.8 Å². The van der Waals surface area contributed by atoms with Gasteiger partial charge in [-0.25, -0.2) is 0 Å². The Bertz CT molecular complexity index is 780. The van der Waals surface area contributed by atoms with E-state index in [1.54, 1.807) is 18.2 Å². The van der Waals surface area contributed by atoms with Crippen LogP contribution in [0.3, 0.4) is 0 Å². The Balaban J connectivity index is 0.000000188. The number of aromatic hydroxyl groups is 2. The molecule has 0 aliphatic heterocycles. The van der Waals surface area contributed by atoms with Crippen LogP contribution in [0, 0.1) is 0 Å². The van der Waals surface area contributed by atoms with Crippen LogP contribution in [0.2, 0.25) is 0 Å². The number of nitrogens with two attached hydrogens (primary N) is 1. The number of benzene rings is 3. The molecule has 22 heavy (non-hydrogen) atoms. The van der Waals surface area contributed by atoms with Gasteiger partial charge in [-0.3, -0.25) is 4.79 Å². The molecule has 0 heterocycles. The number of fused-ring (bicyclic) bond motifs is 1. The lowest BCUT2D eigenvalue weighted by molar-refractivity contribution is 0.0998. The molecule has 4 nitrogen and oxygen atoms in total. The predicted molar refractivity (Wildman–Crippen MR) is 91.6 cm³/mol. The minimum Gasteiger partial charge on any atom is -0.508 e. The van der Waals surface area contributed by atoms with E-state index < -0.39 is 5.91 Å². The summed E-state index contributed by atoms with van der Waals surface area (Å²) in [6, 6.07) is 17.6. The summed E-state index contributed by atoms with van der Waals surface area (Å²) in [6.07, 6.45) is 0. The number of phenolic OH excluding ortho intramolecular Hbond substituents is 1. The number of hydrogen-bond donors (Lipinski definition) is 3. The molecule has 0 aromatic heterocycles. The Morgan fingerprint density at radius 3 is 1.95 bits per heavy atom. The molecule has 0 saturated carbocycles. The Hall–Kier alpha value is -2.58. The molecule has 0 fully saturated rings. The van der Waals surface area contributed by atoms with Crippen LogP contribution >= 0.6 is 9.24 Å². The van der Waals surface area contributed by atoms with Gasteiger partial charge in [-0.15, -0.1) is 9.24 Å². The third-order valence-electron chi connectivity index (χ3n) is 3.02. The number of carbonyl (C=O) groups is 1. The van der Waals surface area contributed by atoms with Gasteiger partial charge in [0.05, 0.1) is 5.56 Å². The molecule has 112 valence electrons. The summed E-state index contributed by atoms with van der Waals surface area (Å²) in [4.78, 5) is 10.9. The first-order chi connectivity index (χ1) is 10.5. The van der Waals surface area contributed by atoms with Gasteiger partial charge in [-0.1, -0.05) is 36.4 Å². The molecule has 3 aromatic carbocycles. The van der Waals surface area contributed by atoms with Gasteiger partial charge in [-0.05, 0) is 40.3 Å². The second kappa shape index (κ2) is 6.92. The topological polar surface area (TPSA) is 83.6 Å². The average Bonchev–Trinajstić information content (AvgIpc) is 2.50. The molecular weight excluding hydrogens is 297 g/mol. The molecule has 0 bridgehead atoms. The van der Waals surface area contributed by atoms with Gasteiger partial charge in [0, 0.05) is 0 Å². The van der Waals surface area contributed by atoms with Gasteiger partial charge < -0.3 is 15.9 Å². The maximum Gasteiger partial charge on any atom is 0.252 e. The molecule has 0 spiro atoms. The van der Waals surface area contributed by atoms with Crippen molar-refractivity contribution < 1.29 is 15.0 Å². The van der Waals surface area contributed by atoms with Crippen LogP contribution in [0.1, 0.15) is 10.4 Å². The van der Waals surface area contributed by atoms with Gasteiger partial charge in [0.15, 0.2) is 0 Å². The SMILES string of the molecule is NC(=O)c1cc2ccccc2cc1O.Oc1ccc(P)cc1. The molecule has 1 amide bonds. The highest BCUT2D eigenvalue weighted by molar-refractivity contribution is 7.27. The molecule has 1 unspecified atom stereocenters. The third kappa shape index (κ3) is 3.96. The fourth-order valence-corrected chi connectivity index (χ4v) is 2.09. The van der Waals surface area contributed by atoms with Crippen molar-refractivity contribution in [1.82, 2.24) is 0 Å². The molecule has 5 heteroatoms. The zero-order valence-electron chi connectivity index (χ0n) is 11.7. The third-order valence-corrected chi connectivity index (χ3v) is 3.41. The van der Waals surface area contributed by atoms with Gasteiger partial charge in [-0.2, -0.15) is 0 Å². The maximum absolute atomic E-state index is 10.9. The summed E-state index contributed by atoms with van der Waals surface area (Å²) in [5.41, 5.74) is 5.26. The largest absolute Gasteiger partial charge is 0.508 e. The number of carbonyl (C=O) groups excluding carboxylic acids is 1. The molecule has 0 radical (unpaired) electrons. The van der Waals surface area contributed by atoms with Crippen molar-refractivity contribution in [2.75, 3.05) is 0 Å². The highest BCUT2D eigenvalue weighted by atomic mass is 31.0. The van der Waals surface area contributed by atoms with Crippen molar-refractivity contribution in [1.29, 1.82) is 0 Å². The fraction of sp³-hybridized carbons (Fsp3) is 0. The van der Waals surface area contributed by atoms with Gasteiger partial charge >= 0.3 is 0 Å². The summed E-state index contributed by atoms with van der Waals surface area (Å²) in [7, 11) is 2.54. The Morgan fingerprint density at radius 1 is 0.909 bits per heavy atom. The first-order valence-corrected chi connectivity index (χ1v) is 7.11. The average molecular weight is 313 g/mol. The monoisotopic (exact) mass is 313 g/mol. The molecule has 4 N–H and O–H groups in total. The summed E-state index contributed by atoms with van der Waals surface area (Å²) < 4.78 is 0. The molecule has 3 aromatic rings. The number of phenols is 2. The van der Waals surface area contributed by atoms with E-state index in [4.69, 9.17) is 10.8 Å². The van der Waals surface area contributed by atoms with E-state index in [0.717, 1.165) is 16.1 Å². The minimum atomic E-state index is -0.617. The lowest BCUT2D eigenvalue weighted by atomic mass is 10.1. The van der Waals surface area contributed by atoms with Crippen molar-refractivity contribution >= 4 is 31.2 Å². The molecule has 1 atom stereocenters. The maximum atomic E-state index is 10.9. The highest BCUT2D eigenvalue weighted by Crippen LogP contribution is 2.24. The summed E-state index contributed by atoms with van der Waals surface area (Å²) >= 11 is 0. The number of primary amides is 1. The minimum absolute atomic E-state index is 0.0730. The van der Waals surface area contributed by atoms with Crippen LogP contribution < -0.4 is 11.0 Å². The second-order valence-corrected chi connectivity index (χ2v) is 5.34. The van der Waals surface area contributed by atoms with Crippen molar-refractivity contribution in [3.05, 3.63) is 66.2 Å². The van der Waals surface area contributed by atoms with E-state index in [9.17, 15) is 9.90 Å². The van der Waals surface area contributed by atoms with Crippen LogP contribution in [-0.4, -0.2) is 16.1 Å². The smallest absolute Gasteiger partial charge is 0.252 e. The van der Waals surface area contributed by atoms with Crippen molar-refractivity contribution in [2.45, 2.75) is 0 Å². The standard InChI is InChI=1S/C11H9NO2.C6H7OP/c12-11(14)9-5-7-3-1-2-4-8(7)6-10(9)13;7-5-1-3-6(8)4-2-5/h1-6,13H,(H2,12,14);1-4,7H,8H2. The van der Waals surface area contributed by atoms with Crippen molar-refractivity contribution in [3.63, 3.8) is 0 Å². The first kappa shape index (κ1) is 15.8. The Morgan fingerprint density at radius 2 is 1.45 bits per heavy atom. The molecule has 0 aliphatic carbocycles. The molecule has 0 aliphatic rings. The van der Waals surface area contributed by atoms with E-state index in [0.29, 0.717) is 5.75 Å². The summed E-state index contributed by atoms with van der Waals surface area (Å²) in [5, 5.41) is 21.1. The normalized spacial score (nSPS) is 9.86. The van der Waals surface area contributed by atoms with Crippen LogP contribution in [0.15, 0.2) is 60.7 Å². The molecule has 0 saturated heterocycles. The van der Waals surface area contributed by atoms with E-state index in [2.05, 4.69) is 9.24 Å². The quantitative estimate of drug-likeness (QED) is 0.604. The highest BCUT2D eigenvalue weighted by Gasteiger charge is 2.07. The van der Waals surface area contributed by atoms with Crippen LogP contribution in [-0.2, 0) is 0 Å². The van der Waals surface area contributed by atoms with E-state index in [1.165, 1.54) is 6.07 Å². The molecular formula is C17H16NO3P. The summed E-state index contributed by atoms with van der Waals surface area (Å²) in [5.74, 6) is -0.374. The fourth-order valence-electron chi connectivity index (χ4n) is 1.90. The summed E-state index contributed by atoms with van der Waals surface area (Å²) in [6.45, 7) is 0. The molecule has 3 rings (SSSR count). The van der Waals surface area contributed by atoms with E-state index in [1.807, 2.05) is 36.4 Å². The van der Waals surface area contributed by atoms with E-state index in [-0.39, 0.29) is 11.3 Å². The van der Waals surface area contributed by atoms with Crippen molar-refractivity contribution in [2.24, 2.45) is 5.73 Å². The Kier molecular flexibility index (Phi) is 4.97.